The Kier molecular flexibility index (Phi) is 7.20. The van der Waals surface area contributed by atoms with Gasteiger partial charge >= 0.3 is 0 Å². The lowest BCUT2D eigenvalue weighted by atomic mass is 9.76. The third kappa shape index (κ3) is 4.22. The fourth-order valence-electron chi connectivity index (χ4n) is 3.23. The van der Waals surface area contributed by atoms with Gasteiger partial charge in [0.2, 0.25) is 0 Å². The molecule has 1 aliphatic carbocycles. The van der Waals surface area contributed by atoms with Crippen LogP contribution in [-0.4, -0.2) is 43.8 Å². The van der Waals surface area contributed by atoms with E-state index in [9.17, 15) is 0 Å². The van der Waals surface area contributed by atoms with Gasteiger partial charge in [-0.05, 0) is 57.5 Å². The Morgan fingerprint density at radius 1 is 1.28 bits per heavy atom. The predicted molar refractivity (Wildman–Crippen MR) is 77.8 cm³/mol. The summed E-state index contributed by atoms with van der Waals surface area (Å²) in [5.74, 6) is 0.886. The van der Waals surface area contributed by atoms with Gasteiger partial charge in [-0.1, -0.05) is 13.8 Å². The Morgan fingerprint density at radius 3 is 2.44 bits per heavy atom. The maximum atomic E-state index is 6.12. The standard InChI is InChI=1S/C15H32N2O/c1-4-17(11-5-6-12-18-3)15(13-16)9-7-14(2)8-10-15/h14H,4-13,16H2,1-3H3. The molecule has 1 rings (SSSR count). The minimum Gasteiger partial charge on any atom is -0.385 e. The number of hydrogen-bond acceptors (Lipinski definition) is 3. The molecule has 0 aromatic rings. The van der Waals surface area contributed by atoms with Gasteiger partial charge in [0.25, 0.3) is 0 Å². The fraction of sp³-hybridized carbons (Fsp3) is 1.00. The quantitative estimate of drug-likeness (QED) is 0.679. The maximum absolute atomic E-state index is 6.12. The van der Waals surface area contributed by atoms with Gasteiger partial charge in [-0.15, -0.1) is 0 Å². The first kappa shape index (κ1) is 15.9. The second-order valence-electron chi connectivity index (χ2n) is 5.89. The first-order chi connectivity index (χ1) is 8.68. The molecule has 1 fully saturated rings. The van der Waals surface area contributed by atoms with Crippen molar-refractivity contribution in [3.05, 3.63) is 0 Å². The Balaban J connectivity index is 2.48. The highest BCUT2D eigenvalue weighted by atomic mass is 16.5. The smallest absolute Gasteiger partial charge is 0.0462 e. The maximum Gasteiger partial charge on any atom is 0.0462 e. The van der Waals surface area contributed by atoms with Gasteiger partial charge in [0, 0.05) is 25.8 Å². The van der Waals surface area contributed by atoms with Gasteiger partial charge in [0.05, 0.1) is 0 Å². The van der Waals surface area contributed by atoms with Crippen LogP contribution in [0.25, 0.3) is 0 Å². The van der Waals surface area contributed by atoms with Crippen LogP contribution in [0.3, 0.4) is 0 Å². The van der Waals surface area contributed by atoms with E-state index in [1.807, 2.05) is 0 Å². The molecule has 0 heterocycles. The second kappa shape index (κ2) is 8.13. The first-order valence-electron chi connectivity index (χ1n) is 7.62. The highest BCUT2D eigenvalue weighted by Crippen LogP contribution is 2.35. The summed E-state index contributed by atoms with van der Waals surface area (Å²) in [6, 6.07) is 0. The number of unbranched alkanes of at least 4 members (excludes halogenated alkanes) is 1. The van der Waals surface area contributed by atoms with E-state index in [4.69, 9.17) is 10.5 Å². The lowest BCUT2D eigenvalue weighted by Crippen LogP contribution is -2.55. The number of methoxy groups -OCH3 is 1. The molecule has 0 aliphatic heterocycles. The number of nitrogens with two attached hydrogens (primary N) is 1. The SMILES string of the molecule is CCN(CCCCOC)C1(CN)CCC(C)CC1. The fourth-order valence-corrected chi connectivity index (χ4v) is 3.23. The van der Waals surface area contributed by atoms with Crippen LogP contribution in [0.1, 0.15) is 52.4 Å². The monoisotopic (exact) mass is 256 g/mol. The van der Waals surface area contributed by atoms with Gasteiger partial charge in [-0.3, -0.25) is 4.90 Å². The van der Waals surface area contributed by atoms with E-state index in [1.54, 1.807) is 7.11 Å². The summed E-state index contributed by atoms with van der Waals surface area (Å²) in [5, 5.41) is 0. The zero-order valence-electron chi connectivity index (χ0n) is 12.6. The van der Waals surface area contributed by atoms with Crippen molar-refractivity contribution >= 4 is 0 Å². The predicted octanol–water partition coefficient (Wildman–Crippen LogP) is 2.64. The lowest BCUT2D eigenvalue weighted by molar-refractivity contribution is 0.0458. The van der Waals surface area contributed by atoms with Crippen molar-refractivity contribution in [1.29, 1.82) is 0 Å². The van der Waals surface area contributed by atoms with Gasteiger partial charge in [-0.2, -0.15) is 0 Å². The third-order valence-electron chi connectivity index (χ3n) is 4.66. The van der Waals surface area contributed by atoms with Crippen LogP contribution in [0.15, 0.2) is 0 Å². The molecule has 3 heteroatoms. The highest BCUT2D eigenvalue weighted by Gasteiger charge is 2.37. The van der Waals surface area contributed by atoms with Crippen LogP contribution < -0.4 is 5.73 Å². The number of rotatable bonds is 8. The molecule has 0 atom stereocenters. The summed E-state index contributed by atoms with van der Waals surface area (Å²) in [6.07, 6.45) is 7.62. The van der Waals surface area contributed by atoms with E-state index >= 15 is 0 Å². The molecular weight excluding hydrogens is 224 g/mol. The summed E-state index contributed by atoms with van der Waals surface area (Å²) in [5.41, 5.74) is 6.41. The Bertz CT molecular complexity index is 213. The number of hydrogen-bond donors (Lipinski definition) is 1. The van der Waals surface area contributed by atoms with Crippen molar-refractivity contribution in [3.63, 3.8) is 0 Å². The highest BCUT2D eigenvalue weighted by molar-refractivity contribution is 4.95. The van der Waals surface area contributed by atoms with Crippen molar-refractivity contribution in [2.24, 2.45) is 11.7 Å². The van der Waals surface area contributed by atoms with Gasteiger partial charge in [0.15, 0.2) is 0 Å². The molecule has 1 saturated carbocycles. The van der Waals surface area contributed by atoms with Gasteiger partial charge in [-0.25, -0.2) is 0 Å². The van der Waals surface area contributed by atoms with E-state index < -0.39 is 0 Å². The summed E-state index contributed by atoms with van der Waals surface area (Å²) < 4.78 is 5.13. The summed E-state index contributed by atoms with van der Waals surface area (Å²) in [7, 11) is 1.78. The molecule has 3 nitrogen and oxygen atoms in total. The van der Waals surface area contributed by atoms with Crippen molar-refractivity contribution in [2.75, 3.05) is 33.4 Å². The second-order valence-corrected chi connectivity index (χ2v) is 5.89. The first-order valence-corrected chi connectivity index (χ1v) is 7.62. The number of likely N-dealkylation sites (N-methyl/N-ethyl adjacent to an activating group) is 1. The van der Waals surface area contributed by atoms with Crippen LogP contribution in [0.2, 0.25) is 0 Å². The summed E-state index contributed by atoms with van der Waals surface area (Å²) in [6.45, 7) is 8.63. The van der Waals surface area contributed by atoms with E-state index in [2.05, 4.69) is 18.7 Å². The van der Waals surface area contributed by atoms with Crippen LogP contribution in [0, 0.1) is 5.92 Å². The molecule has 0 bridgehead atoms. The van der Waals surface area contributed by atoms with Crippen LogP contribution in [0.5, 0.6) is 0 Å². The molecule has 0 aromatic heterocycles. The van der Waals surface area contributed by atoms with E-state index in [-0.39, 0.29) is 5.54 Å². The van der Waals surface area contributed by atoms with Crippen molar-refractivity contribution in [1.82, 2.24) is 4.90 Å². The molecule has 0 amide bonds. The summed E-state index contributed by atoms with van der Waals surface area (Å²) >= 11 is 0. The Labute approximate surface area is 113 Å². The number of ether oxygens (including phenoxy) is 1. The lowest BCUT2D eigenvalue weighted by Gasteiger charge is -2.47. The van der Waals surface area contributed by atoms with Gasteiger partial charge < -0.3 is 10.5 Å². The molecule has 0 radical (unpaired) electrons. The topological polar surface area (TPSA) is 38.5 Å². The molecule has 2 N–H and O–H groups in total. The van der Waals surface area contributed by atoms with Crippen molar-refractivity contribution in [3.8, 4) is 0 Å². The van der Waals surface area contributed by atoms with Crippen LogP contribution in [-0.2, 0) is 4.74 Å². The molecule has 18 heavy (non-hydrogen) atoms. The van der Waals surface area contributed by atoms with E-state index in [0.29, 0.717) is 0 Å². The van der Waals surface area contributed by atoms with Gasteiger partial charge in [0.1, 0.15) is 0 Å². The Hall–Kier alpha value is -0.120. The molecule has 0 saturated heterocycles. The summed E-state index contributed by atoms with van der Waals surface area (Å²) in [4.78, 5) is 2.63. The number of nitrogens with zero attached hydrogens (tertiary/aromatic N) is 1. The zero-order chi connectivity index (χ0) is 13.4. The van der Waals surface area contributed by atoms with Crippen LogP contribution in [0.4, 0.5) is 0 Å². The Morgan fingerprint density at radius 2 is 1.94 bits per heavy atom. The van der Waals surface area contributed by atoms with Crippen molar-refractivity contribution in [2.45, 2.75) is 57.9 Å². The molecule has 0 spiro atoms. The largest absolute Gasteiger partial charge is 0.385 e. The third-order valence-corrected chi connectivity index (χ3v) is 4.66. The zero-order valence-corrected chi connectivity index (χ0v) is 12.6. The molecule has 1 aliphatic rings. The molecular formula is C15H32N2O. The average Bonchev–Trinajstić information content (AvgIpc) is 2.41. The minimum absolute atomic E-state index is 0.286. The minimum atomic E-state index is 0.286. The average molecular weight is 256 g/mol. The van der Waals surface area contributed by atoms with E-state index in [1.165, 1.54) is 38.6 Å². The van der Waals surface area contributed by atoms with Crippen molar-refractivity contribution < 1.29 is 4.74 Å². The molecule has 0 aromatic carbocycles. The van der Waals surface area contributed by atoms with Crippen LogP contribution >= 0.6 is 0 Å². The molecule has 0 unspecified atom stereocenters. The molecule has 108 valence electrons. The van der Waals surface area contributed by atoms with E-state index in [0.717, 1.165) is 32.0 Å². The normalized spacial score (nSPS) is 28.8.